The van der Waals surface area contributed by atoms with Gasteiger partial charge in [-0.3, -0.25) is 4.90 Å². The van der Waals surface area contributed by atoms with Crippen LogP contribution in [0.2, 0.25) is 0 Å². The predicted octanol–water partition coefficient (Wildman–Crippen LogP) is 0.389. The maximum absolute atomic E-state index is 9.21. The molecule has 0 radical (unpaired) electrons. The lowest BCUT2D eigenvalue weighted by Gasteiger charge is -2.36. The first kappa shape index (κ1) is 10.7. The van der Waals surface area contributed by atoms with Gasteiger partial charge in [-0.25, -0.2) is 0 Å². The third kappa shape index (κ3) is 2.24. The molecule has 1 aliphatic carbocycles. The van der Waals surface area contributed by atoms with E-state index in [-0.39, 0.29) is 12.6 Å². The van der Waals surface area contributed by atoms with Gasteiger partial charge in [0.15, 0.2) is 0 Å². The zero-order valence-electron chi connectivity index (χ0n) is 8.48. The number of ether oxygens (including phenoxy) is 1. The molecule has 1 unspecified atom stereocenters. The van der Waals surface area contributed by atoms with E-state index in [0.717, 1.165) is 25.4 Å². The third-order valence-corrected chi connectivity index (χ3v) is 4.06. The van der Waals surface area contributed by atoms with Crippen LogP contribution in [0, 0.1) is 5.41 Å². The van der Waals surface area contributed by atoms with Crippen molar-refractivity contribution in [3.05, 3.63) is 0 Å². The van der Waals surface area contributed by atoms with Crippen LogP contribution in [0.25, 0.3) is 0 Å². The van der Waals surface area contributed by atoms with Crippen LogP contribution in [0.1, 0.15) is 12.8 Å². The fourth-order valence-corrected chi connectivity index (χ4v) is 2.46. The molecule has 2 rings (SSSR count). The highest BCUT2D eigenvalue weighted by atomic mass is 32.1. The van der Waals surface area contributed by atoms with E-state index < -0.39 is 0 Å². The van der Waals surface area contributed by atoms with E-state index in [4.69, 9.17) is 4.74 Å². The molecule has 82 valence electrons. The molecule has 2 fully saturated rings. The van der Waals surface area contributed by atoms with Gasteiger partial charge in [-0.2, -0.15) is 12.6 Å². The molecular weight excluding hydrogens is 198 g/mol. The first-order chi connectivity index (χ1) is 6.79. The summed E-state index contributed by atoms with van der Waals surface area (Å²) in [5, 5.41) is 9.21. The molecule has 0 bridgehead atoms. The summed E-state index contributed by atoms with van der Waals surface area (Å²) in [7, 11) is 0. The number of aliphatic hydroxyl groups excluding tert-OH is 1. The fourth-order valence-electron chi connectivity index (χ4n) is 2.04. The van der Waals surface area contributed by atoms with Gasteiger partial charge >= 0.3 is 0 Å². The molecule has 1 heterocycles. The second-order valence-corrected chi connectivity index (χ2v) is 4.86. The first-order valence-electron chi connectivity index (χ1n) is 5.33. The topological polar surface area (TPSA) is 32.7 Å². The lowest BCUT2D eigenvalue weighted by atomic mass is 10.1. The highest BCUT2D eigenvalue weighted by molar-refractivity contribution is 7.80. The average Bonchev–Trinajstić information content (AvgIpc) is 2.99. The molecule has 0 amide bonds. The lowest BCUT2D eigenvalue weighted by Crippen LogP contribution is -2.49. The number of aliphatic hydroxyl groups is 1. The van der Waals surface area contributed by atoms with Crippen LogP contribution < -0.4 is 0 Å². The van der Waals surface area contributed by atoms with Crippen molar-refractivity contribution in [2.24, 2.45) is 5.41 Å². The van der Waals surface area contributed by atoms with Gasteiger partial charge in [0.25, 0.3) is 0 Å². The molecule has 1 saturated carbocycles. The Morgan fingerprint density at radius 3 is 2.86 bits per heavy atom. The van der Waals surface area contributed by atoms with Crippen LogP contribution in [0.4, 0.5) is 0 Å². The van der Waals surface area contributed by atoms with E-state index in [1.807, 2.05) is 0 Å². The van der Waals surface area contributed by atoms with Crippen LogP contribution >= 0.6 is 12.6 Å². The van der Waals surface area contributed by atoms with Crippen molar-refractivity contribution in [2.75, 3.05) is 38.7 Å². The molecule has 0 spiro atoms. The second-order valence-electron chi connectivity index (χ2n) is 4.54. The summed E-state index contributed by atoms with van der Waals surface area (Å²) in [6.45, 7) is 3.74. The summed E-state index contributed by atoms with van der Waals surface area (Å²) in [6, 6.07) is 0.209. The van der Waals surface area contributed by atoms with Gasteiger partial charge in [-0.1, -0.05) is 0 Å². The van der Waals surface area contributed by atoms with Crippen molar-refractivity contribution < 1.29 is 9.84 Å². The Hall–Kier alpha value is 0.230. The van der Waals surface area contributed by atoms with Crippen molar-refractivity contribution in [3.63, 3.8) is 0 Å². The van der Waals surface area contributed by atoms with Crippen LogP contribution in [-0.4, -0.2) is 54.7 Å². The minimum Gasteiger partial charge on any atom is -0.395 e. The number of thiol groups is 1. The van der Waals surface area contributed by atoms with Gasteiger partial charge in [0.1, 0.15) is 0 Å². The standard InChI is InChI=1S/C10H19NO2S/c12-5-9-6-13-4-3-11(9)7-10(8-14)1-2-10/h9,12,14H,1-8H2. The van der Waals surface area contributed by atoms with Crippen LogP contribution in [0.15, 0.2) is 0 Å². The molecule has 0 aromatic heterocycles. The van der Waals surface area contributed by atoms with Crippen molar-refractivity contribution in [1.29, 1.82) is 0 Å². The number of morpholine rings is 1. The maximum atomic E-state index is 9.21. The third-order valence-electron chi connectivity index (χ3n) is 3.39. The van der Waals surface area contributed by atoms with E-state index in [9.17, 15) is 5.11 Å². The van der Waals surface area contributed by atoms with Crippen molar-refractivity contribution in [1.82, 2.24) is 4.90 Å². The van der Waals surface area contributed by atoms with Gasteiger partial charge in [-0.05, 0) is 24.0 Å². The van der Waals surface area contributed by atoms with Crippen molar-refractivity contribution in [2.45, 2.75) is 18.9 Å². The zero-order valence-corrected chi connectivity index (χ0v) is 9.38. The minimum absolute atomic E-state index is 0.209. The summed E-state index contributed by atoms with van der Waals surface area (Å²) in [4.78, 5) is 2.37. The summed E-state index contributed by atoms with van der Waals surface area (Å²) in [5.74, 6) is 0.975. The highest BCUT2D eigenvalue weighted by Gasteiger charge is 2.43. The molecule has 1 atom stereocenters. The van der Waals surface area contributed by atoms with Crippen LogP contribution in [-0.2, 0) is 4.74 Å². The summed E-state index contributed by atoms with van der Waals surface area (Å²) in [5.41, 5.74) is 0.452. The number of rotatable bonds is 4. The molecule has 0 aromatic rings. The Bertz CT molecular complexity index is 197. The quantitative estimate of drug-likeness (QED) is 0.668. The first-order valence-corrected chi connectivity index (χ1v) is 5.96. The van der Waals surface area contributed by atoms with Gasteiger partial charge < -0.3 is 9.84 Å². The smallest absolute Gasteiger partial charge is 0.0644 e. The fraction of sp³-hybridized carbons (Fsp3) is 1.00. The van der Waals surface area contributed by atoms with Gasteiger partial charge in [0, 0.05) is 13.1 Å². The number of hydrogen-bond donors (Lipinski definition) is 2. The molecule has 2 aliphatic rings. The van der Waals surface area contributed by atoms with E-state index >= 15 is 0 Å². The second kappa shape index (κ2) is 4.39. The van der Waals surface area contributed by atoms with Crippen molar-refractivity contribution in [3.8, 4) is 0 Å². The molecule has 4 heteroatoms. The van der Waals surface area contributed by atoms with E-state index in [2.05, 4.69) is 17.5 Å². The molecule has 1 saturated heterocycles. The Morgan fingerprint density at radius 1 is 1.50 bits per heavy atom. The Morgan fingerprint density at radius 2 is 2.29 bits per heavy atom. The number of hydrogen-bond acceptors (Lipinski definition) is 4. The Balaban J connectivity index is 1.88. The maximum Gasteiger partial charge on any atom is 0.0644 e. The van der Waals surface area contributed by atoms with E-state index in [1.54, 1.807) is 0 Å². The molecule has 14 heavy (non-hydrogen) atoms. The van der Waals surface area contributed by atoms with Crippen LogP contribution in [0.5, 0.6) is 0 Å². The Kier molecular flexibility index (Phi) is 3.37. The molecule has 0 aromatic carbocycles. The summed E-state index contributed by atoms with van der Waals surface area (Å²) < 4.78 is 5.35. The van der Waals surface area contributed by atoms with Gasteiger partial charge in [0.05, 0.1) is 25.9 Å². The zero-order chi connectivity index (χ0) is 10.0. The molecule has 3 nitrogen and oxygen atoms in total. The largest absolute Gasteiger partial charge is 0.395 e. The normalized spacial score (nSPS) is 31.7. The van der Waals surface area contributed by atoms with Crippen LogP contribution in [0.3, 0.4) is 0 Å². The summed E-state index contributed by atoms with van der Waals surface area (Å²) in [6.07, 6.45) is 2.60. The lowest BCUT2D eigenvalue weighted by molar-refractivity contribution is -0.0339. The minimum atomic E-state index is 0.209. The molecule has 1 N–H and O–H groups in total. The highest BCUT2D eigenvalue weighted by Crippen LogP contribution is 2.47. The van der Waals surface area contributed by atoms with E-state index in [1.165, 1.54) is 12.8 Å². The number of nitrogens with zero attached hydrogens (tertiary/aromatic N) is 1. The van der Waals surface area contributed by atoms with E-state index in [0.29, 0.717) is 12.0 Å². The monoisotopic (exact) mass is 217 g/mol. The van der Waals surface area contributed by atoms with Gasteiger partial charge in [-0.15, -0.1) is 0 Å². The van der Waals surface area contributed by atoms with Gasteiger partial charge in [0.2, 0.25) is 0 Å². The molecule has 1 aliphatic heterocycles. The Labute approximate surface area is 90.8 Å². The van der Waals surface area contributed by atoms with Crippen molar-refractivity contribution >= 4 is 12.6 Å². The average molecular weight is 217 g/mol. The molecular formula is C10H19NO2S. The SMILES string of the molecule is OCC1COCCN1CC1(CS)CC1. The predicted molar refractivity (Wildman–Crippen MR) is 58.8 cm³/mol. The summed E-state index contributed by atoms with van der Waals surface area (Å²) >= 11 is 4.40.